The van der Waals surface area contributed by atoms with Gasteiger partial charge < -0.3 is 8.98 Å². The Balaban J connectivity index is 1.83. The van der Waals surface area contributed by atoms with E-state index in [2.05, 4.69) is 0 Å². The molecule has 5 rings (SSSR count). The van der Waals surface area contributed by atoms with Crippen molar-refractivity contribution in [2.75, 3.05) is 0 Å². The van der Waals surface area contributed by atoms with E-state index < -0.39 is 0 Å². The van der Waals surface area contributed by atoms with E-state index in [-0.39, 0.29) is 18.0 Å². The first-order valence-corrected chi connectivity index (χ1v) is 9.16. The normalized spacial score (nSPS) is 11.5. The molecule has 0 spiro atoms. The van der Waals surface area contributed by atoms with Crippen LogP contribution in [0.15, 0.2) is 82.0 Å². The van der Waals surface area contributed by atoms with E-state index in [4.69, 9.17) is 4.42 Å². The zero-order valence-electron chi connectivity index (χ0n) is 15.3. The lowest BCUT2D eigenvalue weighted by atomic mass is 10.1. The molecule has 28 heavy (non-hydrogen) atoms. The largest absolute Gasteiger partial charge is 0.422 e. The highest BCUT2D eigenvalue weighted by molar-refractivity contribution is 6.19. The van der Waals surface area contributed by atoms with Gasteiger partial charge in [0.05, 0.1) is 17.4 Å². The molecule has 4 nitrogen and oxygen atoms in total. The molecule has 0 aliphatic carbocycles. The fraction of sp³-hybridized carbons (Fsp3) is 0.0833. The first kappa shape index (κ1) is 16.5. The van der Waals surface area contributed by atoms with Crippen LogP contribution in [0.4, 0.5) is 0 Å². The standard InChI is InChI=1S/C24H17NO3/c1-15-13-22(27)28-24-17(15)11-12-20-23(24)18-9-5-6-10-19(18)25(20)14-21(26)16-7-3-2-4-8-16/h2-13H,14H2,1H3. The molecule has 0 radical (unpaired) electrons. The lowest BCUT2D eigenvalue weighted by molar-refractivity contribution is 0.0975. The van der Waals surface area contributed by atoms with Gasteiger partial charge >= 0.3 is 5.63 Å². The molecular weight excluding hydrogens is 350 g/mol. The van der Waals surface area contributed by atoms with Crippen LogP contribution in [0.5, 0.6) is 0 Å². The summed E-state index contributed by atoms with van der Waals surface area (Å²) in [6, 6.07) is 22.7. The van der Waals surface area contributed by atoms with Gasteiger partial charge in [-0.05, 0) is 30.7 Å². The second-order valence-corrected chi connectivity index (χ2v) is 6.98. The molecule has 0 amide bonds. The van der Waals surface area contributed by atoms with Crippen LogP contribution in [0.1, 0.15) is 15.9 Å². The van der Waals surface area contributed by atoms with E-state index in [1.54, 1.807) is 0 Å². The van der Waals surface area contributed by atoms with Crippen LogP contribution in [-0.2, 0) is 6.54 Å². The van der Waals surface area contributed by atoms with Crippen LogP contribution >= 0.6 is 0 Å². The summed E-state index contributed by atoms with van der Waals surface area (Å²) in [4.78, 5) is 24.9. The first-order chi connectivity index (χ1) is 13.6. The van der Waals surface area contributed by atoms with Gasteiger partial charge in [-0.15, -0.1) is 0 Å². The summed E-state index contributed by atoms with van der Waals surface area (Å²) in [5, 5.41) is 2.75. The Bertz CT molecular complexity index is 1430. The first-order valence-electron chi connectivity index (χ1n) is 9.16. The molecule has 5 aromatic rings. The second kappa shape index (κ2) is 6.20. The maximum absolute atomic E-state index is 12.9. The number of ketones is 1. The van der Waals surface area contributed by atoms with Crippen molar-refractivity contribution in [2.24, 2.45) is 0 Å². The predicted molar refractivity (Wildman–Crippen MR) is 111 cm³/mol. The van der Waals surface area contributed by atoms with E-state index >= 15 is 0 Å². The van der Waals surface area contributed by atoms with Gasteiger partial charge in [0.15, 0.2) is 5.78 Å². The van der Waals surface area contributed by atoms with Crippen molar-refractivity contribution in [3.63, 3.8) is 0 Å². The summed E-state index contributed by atoms with van der Waals surface area (Å²) < 4.78 is 7.61. The third kappa shape index (κ3) is 2.46. The molecule has 0 saturated carbocycles. The number of aryl methyl sites for hydroxylation is 1. The van der Waals surface area contributed by atoms with Crippen LogP contribution in [-0.4, -0.2) is 10.4 Å². The van der Waals surface area contributed by atoms with Crippen LogP contribution in [0.25, 0.3) is 32.8 Å². The molecule has 4 heteroatoms. The number of rotatable bonds is 3. The topological polar surface area (TPSA) is 52.2 Å². The van der Waals surface area contributed by atoms with Crippen molar-refractivity contribution in [1.82, 2.24) is 4.57 Å². The molecule has 0 aliphatic rings. The van der Waals surface area contributed by atoms with Crippen molar-refractivity contribution in [2.45, 2.75) is 13.5 Å². The quantitative estimate of drug-likeness (QED) is 0.330. The van der Waals surface area contributed by atoms with Crippen molar-refractivity contribution < 1.29 is 9.21 Å². The number of Topliss-reactive ketones (excluding diaryl/α,β-unsaturated/α-hetero) is 1. The van der Waals surface area contributed by atoms with Gasteiger partial charge in [-0.2, -0.15) is 0 Å². The zero-order chi connectivity index (χ0) is 19.3. The molecule has 3 aromatic carbocycles. The van der Waals surface area contributed by atoms with Crippen molar-refractivity contribution in [3.8, 4) is 0 Å². The SMILES string of the molecule is Cc1cc(=O)oc2c1ccc1c2c2ccccc2n1CC(=O)c1ccccc1. The number of benzene rings is 3. The Morgan fingerprint density at radius 2 is 1.64 bits per heavy atom. The number of fused-ring (bicyclic) bond motifs is 5. The van der Waals surface area contributed by atoms with Gasteiger partial charge in [0.25, 0.3) is 0 Å². The molecule has 2 heterocycles. The summed E-state index contributed by atoms with van der Waals surface area (Å²) in [5.74, 6) is 0.0362. The Kier molecular flexibility index (Phi) is 3.66. The van der Waals surface area contributed by atoms with Crippen molar-refractivity contribution in [1.29, 1.82) is 0 Å². The Morgan fingerprint density at radius 3 is 2.46 bits per heavy atom. The van der Waals surface area contributed by atoms with Gasteiger partial charge in [-0.1, -0.05) is 48.5 Å². The molecule has 136 valence electrons. The van der Waals surface area contributed by atoms with E-state index in [9.17, 15) is 9.59 Å². The number of aromatic nitrogens is 1. The molecule has 0 fully saturated rings. The third-order valence-electron chi connectivity index (χ3n) is 5.25. The fourth-order valence-corrected chi connectivity index (χ4v) is 3.94. The fourth-order valence-electron chi connectivity index (χ4n) is 3.94. The highest BCUT2D eigenvalue weighted by Gasteiger charge is 2.18. The van der Waals surface area contributed by atoms with E-state index in [1.807, 2.05) is 78.2 Å². The molecular formula is C24H17NO3. The Labute approximate surface area is 160 Å². The maximum Gasteiger partial charge on any atom is 0.336 e. The number of hydrogen-bond donors (Lipinski definition) is 0. The zero-order valence-corrected chi connectivity index (χ0v) is 15.3. The number of hydrogen-bond acceptors (Lipinski definition) is 3. The smallest absolute Gasteiger partial charge is 0.336 e. The van der Waals surface area contributed by atoms with Crippen molar-refractivity contribution in [3.05, 3.63) is 94.3 Å². The van der Waals surface area contributed by atoms with E-state index in [0.29, 0.717) is 11.1 Å². The lowest BCUT2D eigenvalue weighted by Crippen LogP contribution is -2.10. The van der Waals surface area contributed by atoms with Crippen LogP contribution in [0, 0.1) is 6.92 Å². The molecule has 0 N–H and O–H groups in total. The molecule has 0 atom stereocenters. The highest BCUT2D eigenvalue weighted by Crippen LogP contribution is 2.35. The van der Waals surface area contributed by atoms with Gasteiger partial charge in [-0.25, -0.2) is 4.79 Å². The number of carbonyl (C=O) groups excluding carboxylic acids is 1. The minimum Gasteiger partial charge on any atom is -0.422 e. The molecule has 0 unspecified atom stereocenters. The van der Waals surface area contributed by atoms with E-state index in [0.717, 1.165) is 32.8 Å². The Hall–Kier alpha value is -3.66. The molecule has 2 aromatic heterocycles. The molecule has 0 aliphatic heterocycles. The van der Waals surface area contributed by atoms with Crippen LogP contribution < -0.4 is 5.63 Å². The van der Waals surface area contributed by atoms with Gasteiger partial charge in [-0.3, -0.25) is 4.79 Å². The molecule has 0 saturated heterocycles. The maximum atomic E-state index is 12.9. The summed E-state index contributed by atoms with van der Waals surface area (Å²) in [5.41, 5.74) is 3.59. The third-order valence-corrected chi connectivity index (χ3v) is 5.25. The van der Waals surface area contributed by atoms with Crippen LogP contribution in [0.3, 0.4) is 0 Å². The second-order valence-electron chi connectivity index (χ2n) is 6.98. The monoisotopic (exact) mass is 367 g/mol. The van der Waals surface area contributed by atoms with Gasteiger partial charge in [0, 0.05) is 27.9 Å². The number of para-hydroxylation sites is 1. The van der Waals surface area contributed by atoms with E-state index in [1.165, 1.54) is 6.07 Å². The van der Waals surface area contributed by atoms with Gasteiger partial charge in [0.2, 0.25) is 0 Å². The summed E-state index contributed by atoms with van der Waals surface area (Å²) >= 11 is 0. The number of carbonyl (C=O) groups is 1. The summed E-state index contributed by atoms with van der Waals surface area (Å²) in [7, 11) is 0. The predicted octanol–water partition coefficient (Wildman–Crippen LogP) is 5.09. The summed E-state index contributed by atoms with van der Waals surface area (Å²) in [6.45, 7) is 2.12. The average Bonchev–Trinajstić information content (AvgIpc) is 3.03. The Morgan fingerprint density at radius 1 is 0.893 bits per heavy atom. The minimum atomic E-state index is -0.366. The van der Waals surface area contributed by atoms with Crippen LogP contribution in [0.2, 0.25) is 0 Å². The number of nitrogens with zero attached hydrogens (tertiary/aromatic N) is 1. The summed E-state index contributed by atoms with van der Waals surface area (Å²) in [6.07, 6.45) is 0. The lowest BCUT2D eigenvalue weighted by Gasteiger charge is -2.08. The minimum absolute atomic E-state index is 0.0362. The van der Waals surface area contributed by atoms with Crippen molar-refractivity contribution >= 4 is 38.6 Å². The average molecular weight is 367 g/mol. The molecule has 0 bridgehead atoms. The van der Waals surface area contributed by atoms with Gasteiger partial charge in [0.1, 0.15) is 5.58 Å². The highest BCUT2D eigenvalue weighted by atomic mass is 16.4.